The van der Waals surface area contributed by atoms with Gasteiger partial charge in [0.15, 0.2) is 0 Å². The number of aliphatic hydroxyl groups is 1. The first-order valence-electron chi connectivity index (χ1n) is 4.41. The van der Waals surface area contributed by atoms with Gasteiger partial charge in [0.25, 0.3) is 0 Å². The van der Waals surface area contributed by atoms with Gasteiger partial charge in [-0.2, -0.15) is 0 Å². The molecule has 1 rings (SSSR count). The molecule has 1 atom stereocenters. The third kappa shape index (κ3) is 3.36. The molecule has 14 heavy (non-hydrogen) atoms. The number of aliphatic hydroxyl groups excluding tert-OH is 1. The van der Waals surface area contributed by atoms with E-state index in [2.05, 4.69) is 21.2 Å². The number of nitrogens with one attached hydrogen (secondary N) is 1. The second-order valence-corrected chi connectivity index (χ2v) is 4.12. The van der Waals surface area contributed by atoms with Crippen LogP contribution < -0.4 is 5.32 Å². The van der Waals surface area contributed by atoms with Crippen LogP contribution in [0.4, 0.5) is 4.39 Å². The van der Waals surface area contributed by atoms with Crippen molar-refractivity contribution in [1.29, 1.82) is 0 Å². The van der Waals surface area contributed by atoms with Gasteiger partial charge in [0.05, 0.1) is 6.61 Å². The highest BCUT2D eigenvalue weighted by Crippen LogP contribution is 2.15. The lowest BCUT2D eigenvalue weighted by atomic mass is 10.2. The van der Waals surface area contributed by atoms with Gasteiger partial charge in [-0.3, -0.25) is 0 Å². The van der Waals surface area contributed by atoms with Crippen LogP contribution >= 0.6 is 15.9 Å². The third-order valence-corrected chi connectivity index (χ3v) is 2.42. The van der Waals surface area contributed by atoms with Gasteiger partial charge in [0, 0.05) is 22.6 Å². The summed E-state index contributed by atoms with van der Waals surface area (Å²) in [5.74, 6) is -0.231. The number of hydrogen-bond acceptors (Lipinski definition) is 2. The molecule has 78 valence electrons. The van der Waals surface area contributed by atoms with Crippen molar-refractivity contribution in [3.05, 3.63) is 34.1 Å². The van der Waals surface area contributed by atoms with Crippen LogP contribution in [0.2, 0.25) is 0 Å². The average Bonchev–Trinajstić information content (AvgIpc) is 2.19. The Bertz CT molecular complexity index is 306. The van der Waals surface area contributed by atoms with Crippen molar-refractivity contribution >= 4 is 15.9 Å². The second kappa shape index (κ2) is 5.44. The Labute approximate surface area is 91.3 Å². The minimum atomic E-state index is -0.231. The van der Waals surface area contributed by atoms with E-state index in [1.54, 1.807) is 12.1 Å². The molecule has 0 aliphatic rings. The van der Waals surface area contributed by atoms with Crippen LogP contribution in [0.5, 0.6) is 0 Å². The van der Waals surface area contributed by atoms with Crippen LogP contribution in [0.15, 0.2) is 22.7 Å². The lowest BCUT2D eigenvalue weighted by molar-refractivity contribution is 0.250. The van der Waals surface area contributed by atoms with Crippen LogP contribution in [-0.4, -0.2) is 17.8 Å². The van der Waals surface area contributed by atoms with Gasteiger partial charge >= 0.3 is 0 Å². The largest absolute Gasteiger partial charge is 0.395 e. The Kier molecular flexibility index (Phi) is 4.51. The number of benzene rings is 1. The minimum Gasteiger partial charge on any atom is -0.395 e. The third-order valence-electron chi connectivity index (χ3n) is 1.92. The fourth-order valence-corrected chi connectivity index (χ4v) is 1.44. The topological polar surface area (TPSA) is 32.3 Å². The van der Waals surface area contributed by atoms with Crippen molar-refractivity contribution in [3.63, 3.8) is 0 Å². The summed E-state index contributed by atoms with van der Waals surface area (Å²) < 4.78 is 14.1. The van der Waals surface area contributed by atoms with Gasteiger partial charge in [-0.15, -0.1) is 0 Å². The van der Waals surface area contributed by atoms with Gasteiger partial charge < -0.3 is 10.4 Å². The molecule has 1 aromatic rings. The summed E-state index contributed by atoms with van der Waals surface area (Å²) in [4.78, 5) is 0. The van der Waals surface area contributed by atoms with E-state index in [0.717, 1.165) is 4.47 Å². The monoisotopic (exact) mass is 261 g/mol. The van der Waals surface area contributed by atoms with E-state index in [9.17, 15) is 4.39 Å². The van der Waals surface area contributed by atoms with Crippen LogP contribution in [0.3, 0.4) is 0 Å². The van der Waals surface area contributed by atoms with Crippen molar-refractivity contribution in [2.75, 3.05) is 6.61 Å². The maximum absolute atomic E-state index is 13.2. The molecule has 0 amide bonds. The van der Waals surface area contributed by atoms with E-state index in [4.69, 9.17) is 5.11 Å². The maximum Gasteiger partial charge on any atom is 0.127 e. The van der Waals surface area contributed by atoms with Crippen LogP contribution in [0.25, 0.3) is 0 Å². The molecule has 0 heterocycles. The summed E-state index contributed by atoms with van der Waals surface area (Å²) in [5.41, 5.74) is 0.597. The molecule has 0 spiro atoms. The smallest absolute Gasteiger partial charge is 0.127 e. The SMILES string of the molecule is CC(CO)NCc1cc(Br)ccc1F. The molecule has 2 nitrogen and oxygen atoms in total. The standard InChI is InChI=1S/C10H13BrFNO/c1-7(6-14)13-5-8-4-9(11)2-3-10(8)12/h2-4,7,13-14H,5-6H2,1H3. The first kappa shape index (κ1) is 11.6. The second-order valence-electron chi connectivity index (χ2n) is 3.20. The molecule has 0 aromatic heterocycles. The van der Waals surface area contributed by atoms with Crippen molar-refractivity contribution in [1.82, 2.24) is 5.32 Å². The Balaban J connectivity index is 2.62. The summed E-state index contributed by atoms with van der Waals surface area (Å²) in [5, 5.41) is 11.8. The molecular formula is C10H13BrFNO. The molecule has 0 saturated heterocycles. The van der Waals surface area contributed by atoms with Crippen LogP contribution in [0, 0.1) is 5.82 Å². The summed E-state index contributed by atoms with van der Waals surface area (Å²) in [6, 6.07) is 4.79. The normalized spacial score (nSPS) is 12.9. The Hall–Kier alpha value is -0.450. The van der Waals surface area contributed by atoms with Crippen molar-refractivity contribution in [3.8, 4) is 0 Å². The van der Waals surface area contributed by atoms with E-state index in [1.807, 2.05) is 6.92 Å². The molecule has 0 radical (unpaired) electrons. The Morgan fingerprint density at radius 3 is 2.93 bits per heavy atom. The highest BCUT2D eigenvalue weighted by Gasteiger charge is 2.04. The summed E-state index contributed by atoms with van der Waals surface area (Å²) in [6.07, 6.45) is 0. The van der Waals surface area contributed by atoms with Crippen molar-refractivity contribution in [2.45, 2.75) is 19.5 Å². The molecule has 1 aromatic carbocycles. The molecule has 2 N–H and O–H groups in total. The van der Waals surface area contributed by atoms with E-state index in [1.165, 1.54) is 6.07 Å². The molecule has 1 unspecified atom stereocenters. The number of rotatable bonds is 4. The zero-order valence-corrected chi connectivity index (χ0v) is 9.51. The zero-order chi connectivity index (χ0) is 10.6. The van der Waals surface area contributed by atoms with Gasteiger partial charge in [0.1, 0.15) is 5.82 Å². The molecule has 0 saturated carbocycles. The van der Waals surface area contributed by atoms with E-state index < -0.39 is 0 Å². The van der Waals surface area contributed by atoms with Gasteiger partial charge in [-0.25, -0.2) is 4.39 Å². The van der Waals surface area contributed by atoms with Crippen molar-refractivity contribution < 1.29 is 9.50 Å². The Morgan fingerprint density at radius 2 is 2.29 bits per heavy atom. The Morgan fingerprint density at radius 1 is 1.57 bits per heavy atom. The van der Waals surface area contributed by atoms with Gasteiger partial charge in [-0.05, 0) is 25.1 Å². The summed E-state index contributed by atoms with van der Waals surface area (Å²) in [7, 11) is 0. The summed E-state index contributed by atoms with van der Waals surface area (Å²) in [6.45, 7) is 2.32. The lowest BCUT2D eigenvalue weighted by Crippen LogP contribution is -2.28. The molecule has 0 aliphatic carbocycles. The zero-order valence-electron chi connectivity index (χ0n) is 7.93. The fourth-order valence-electron chi connectivity index (χ4n) is 1.03. The highest BCUT2D eigenvalue weighted by molar-refractivity contribution is 9.10. The molecule has 0 fully saturated rings. The van der Waals surface area contributed by atoms with E-state index in [0.29, 0.717) is 12.1 Å². The van der Waals surface area contributed by atoms with Gasteiger partial charge in [0.2, 0.25) is 0 Å². The van der Waals surface area contributed by atoms with Crippen LogP contribution in [-0.2, 0) is 6.54 Å². The molecule has 4 heteroatoms. The number of halogens is 2. The van der Waals surface area contributed by atoms with Crippen LogP contribution in [0.1, 0.15) is 12.5 Å². The highest BCUT2D eigenvalue weighted by atomic mass is 79.9. The van der Waals surface area contributed by atoms with Gasteiger partial charge in [-0.1, -0.05) is 15.9 Å². The molecule has 0 aliphatic heterocycles. The first-order valence-corrected chi connectivity index (χ1v) is 5.21. The fraction of sp³-hybridized carbons (Fsp3) is 0.400. The predicted molar refractivity (Wildman–Crippen MR) is 57.5 cm³/mol. The minimum absolute atomic E-state index is 0.0200. The van der Waals surface area contributed by atoms with E-state index >= 15 is 0 Å². The summed E-state index contributed by atoms with van der Waals surface area (Å²) >= 11 is 3.28. The quantitative estimate of drug-likeness (QED) is 0.870. The number of hydrogen-bond donors (Lipinski definition) is 2. The average molecular weight is 262 g/mol. The maximum atomic E-state index is 13.2. The van der Waals surface area contributed by atoms with Crippen molar-refractivity contribution in [2.24, 2.45) is 0 Å². The predicted octanol–water partition coefficient (Wildman–Crippen LogP) is 2.06. The first-order chi connectivity index (χ1) is 6.63. The van der Waals surface area contributed by atoms with E-state index in [-0.39, 0.29) is 18.5 Å². The lowest BCUT2D eigenvalue weighted by Gasteiger charge is -2.11. The molecular weight excluding hydrogens is 249 g/mol. The molecule has 0 bridgehead atoms.